The van der Waals surface area contributed by atoms with Gasteiger partial charge in [-0.25, -0.2) is 4.98 Å². The molecule has 0 saturated heterocycles. The molecule has 9 aromatic carbocycles. The van der Waals surface area contributed by atoms with E-state index < -0.39 is 0 Å². The largest absolute Gasteiger partial charge is 0.510 e. The molecule has 0 saturated carbocycles. The average molecular weight is 1050 g/mol. The smallest absolute Gasteiger partial charge is 0.268 e. The second-order valence-corrected chi connectivity index (χ2v) is 16.8. The van der Waals surface area contributed by atoms with E-state index in [1.807, 2.05) is 30.5 Å². The van der Waals surface area contributed by atoms with Crippen molar-refractivity contribution in [1.29, 1.82) is 0 Å². The first kappa shape index (κ1) is 39.8. The maximum atomic E-state index is 6.70. The van der Waals surface area contributed by atoms with Crippen molar-refractivity contribution in [2.45, 2.75) is 0 Å². The molecular weight excluding hydrogens is 1020 g/mol. The third kappa shape index (κ3) is 6.09. The zero-order valence-corrected chi connectivity index (χ0v) is 38.5. The average Bonchev–Trinajstić information content (AvgIpc) is 4.13. The molecule has 0 atom stereocenters. The van der Waals surface area contributed by atoms with Crippen LogP contribution < -0.4 is 9.30 Å². The van der Waals surface area contributed by atoms with Crippen molar-refractivity contribution in [1.82, 2.24) is 23.3 Å². The Balaban J connectivity index is 0.00000457. The number of pyridine rings is 1. The Kier molecular flexibility index (Phi) is 9.27. The topological polar surface area (TPSA) is 45.7 Å². The number of hydrogen-bond donors (Lipinski definition) is 0. The van der Waals surface area contributed by atoms with Gasteiger partial charge >= 0.3 is 0 Å². The molecule has 8 heteroatoms. The predicted octanol–water partition coefficient (Wildman–Crippen LogP) is 13.8. The Morgan fingerprint density at radius 2 is 1.00 bits per heavy atom. The molecule has 68 heavy (non-hydrogen) atoms. The van der Waals surface area contributed by atoms with Crippen LogP contribution in [-0.4, -0.2) is 23.3 Å². The number of benzene rings is 9. The number of imidazole rings is 1. The zero-order valence-electron chi connectivity index (χ0n) is 36.2. The molecule has 0 aliphatic carbocycles. The molecule has 14 rings (SSSR count). The summed E-state index contributed by atoms with van der Waals surface area (Å²) in [5.41, 5.74) is 12.4. The van der Waals surface area contributed by atoms with Gasteiger partial charge in [0.1, 0.15) is 5.82 Å². The van der Waals surface area contributed by atoms with Crippen LogP contribution in [0.15, 0.2) is 219 Å². The van der Waals surface area contributed by atoms with Gasteiger partial charge in [-0.1, -0.05) is 133 Å². The zero-order chi connectivity index (χ0) is 44.0. The first-order valence-electron chi connectivity index (χ1n) is 22.4. The summed E-state index contributed by atoms with van der Waals surface area (Å²) in [6, 6.07) is 81.2. The number of para-hydroxylation sites is 8. The molecule has 7 nitrogen and oxygen atoms in total. The van der Waals surface area contributed by atoms with Crippen LogP contribution in [0.2, 0.25) is 0 Å². The number of hydrogen-bond acceptors (Lipinski definition) is 2. The van der Waals surface area contributed by atoms with E-state index in [0.29, 0.717) is 11.5 Å². The molecule has 0 unspecified atom stereocenters. The van der Waals surface area contributed by atoms with Crippen LogP contribution in [0, 0.1) is 18.5 Å². The summed E-state index contributed by atoms with van der Waals surface area (Å²) < 4.78 is 17.8. The fourth-order valence-corrected chi connectivity index (χ4v) is 10.2. The predicted molar refractivity (Wildman–Crippen MR) is 269 cm³/mol. The van der Waals surface area contributed by atoms with Crippen molar-refractivity contribution in [3.63, 3.8) is 0 Å². The van der Waals surface area contributed by atoms with E-state index in [2.05, 4.69) is 229 Å². The second-order valence-electron chi connectivity index (χ2n) is 16.8. The van der Waals surface area contributed by atoms with E-state index in [0.717, 1.165) is 94.2 Å². The van der Waals surface area contributed by atoms with Crippen LogP contribution in [0.3, 0.4) is 0 Å². The number of fused-ring (bicyclic) bond motifs is 10. The summed E-state index contributed by atoms with van der Waals surface area (Å²) in [4.78, 5) is 5.14. The second kappa shape index (κ2) is 15.8. The molecule has 0 fully saturated rings. The van der Waals surface area contributed by atoms with Gasteiger partial charge < -0.3 is 23.0 Å². The van der Waals surface area contributed by atoms with Crippen LogP contribution in [-0.2, 0) is 21.1 Å². The Bertz CT molecular complexity index is 4260. The van der Waals surface area contributed by atoms with E-state index in [-0.39, 0.29) is 21.1 Å². The van der Waals surface area contributed by atoms with Gasteiger partial charge in [0.25, 0.3) is 6.33 Å². The molecule has 14 aromatic rings. The fourth-order valence-electron chi connectivity index (χ4n) is 10.2. The van der Waals surface area contributed by atoms with Gasteiger partial charge in [-0.15, -0.1) is 29.7 Å². The molecule has 324 valence electrons. The van der Waals surface area contributed by atoms with Gasteiger partial charge in [0, 0.05) is 83.3 Å². The first-order valence-corrected chi connectivity index (χ1v) is 22.4. The van der Waals surface area contributed by atoms with E-state index >= 15 is 0 Å². The molecule has 0 bridgehead atoms. The van der Waals surface area contributed by atoms with E-state index in [4.69, 9.17) is 9.72 Å². The summed E-state index contributed by atoms with van der Waals surface area (Å²) in [7, 11) is 0. The van der Waals surface area contributed by atoms with Crippen molar-refractivity contribution in [2.24, 2.45) is 0 Å². The molecule has 0 N–H and O–H groups in total. The quantitative estimate of drug-likeness (QED) is 0.118. The van der Waals surface area contributed by atoms with Crippen molar-refractivity contribution < 1.29 is 30.4 Å². The summed E-state index contributed by atoms with van der Waals surface area (Å²) in [5, 5.41) is 6.81. The monoisotopic (exact) mass is 1050 g/mol. The third-order valence-electron chi connectivity index (χ3n) is 13.1. The Labute approximate surface area is 404 Å². The normalized spacial score (nSPS) is 11.7. The van der Waals surface area contributed by atoms with Gasteiger partial charge in [0.2, 0.25) is 0 Å². The molecule has 0 amide bonds. The number of rotatable bonds is 7. The van der Waals surface area contributed by atoms with Gasteiger partial charge in [-0.2, -0.15) is 18.2 Å². The summed E-state index contributed by atoms with van der Waals surface area (Å²) in [6.45, 7) is 0. The number of nitrogens with zero attached hydrogens (tertiary/aromatic N) is 6. The molecular formula is C60H36N6OPt-2. The maximum Gasteiger partial charge on any atom is 0.268 e. The third-order valence-corrected chi connectivity index (χ3v) is 13.1. The van der Waals surface area contributed by atoms with Crippen LogP contribution in [0.5, 0.6) is 11.5 Å². The van der Waals surface area contributed by atoms with Crippen molar-refractivity contribution in [3.8, 4) is 40.1 Å². The van der Waals surface area contributed by atoms with Crippen LogP contribution in [0.4, 0.5) is 0 Å². The van der Waals surface area contributed by atoms with Gasteiger partial charge in [-0.05, 0) is 59.6 Å². The molecule has 0 aliphatic heterocycles. The molecule has 0 radical (unpaired) electrons. The van der Waals surface area contributed by atoms with Crippen LogP contribution in [0.1, 0.15) is 0 Å². The molecule has 5 aromatic heterocycles. The SMILES string of the molecule is [Pt].[c-]1c(Oc2[c-]c3c(cc2)c2ccccc2n3-c2cc3c(cn2)c2ccccc2n3-c2ccccc2)cccc1-n1[c-][n+](-c2cccc3c4ccccc4n(-c4ccccc4)c23)c2ccccc21. The van der Waals surface area contributed by atoms with Gasteiger partial charge in [-0.3, -0.25) is 4.57 Å². The molecule has 0 spiro atoms. The van der Waals surface area contributed by atoms with Crippen molar-refractivity contribution in [3.05, 3.63) is 237 Å². The van der Waals surface area contributed by atoms with Crippen molar-refractivity contribution >= 4 is 76.5 Å². The van der Waals surface area contributed by atoms with E-state index in [9.17, 15) is 0 Å². The first-order chi connectivity index (χ1) is 33.2. The van der Waals surface area contributed by atoms with Gasteiger partial charge in [0.15, 0.2) is 0 Å². The van der Waals surface area contributed by atoms with Crippen molar-refractivity contribution in [2.75, 3.05) is 0 Å². The minimum absolute atomic E-state index is 0. The van der Waals surface area contributed by atoms with Crippen LogP contribution >= 0.6 is 0 Å². The van der Waals surface area contributed by atoms with E-state index in [1.165, 1.54) is 10.8 Å². The Hall–Kier alpha value is -8.51. The molecule has 0 aliphatic rings. The number of aromatic nitrogens is 6. The minimum atomic E-state index is 0. The Morgan fingerprint density at radius 3 is 1.75 bits per heavy atom. The summed E-state index contributed by atoms with van der Waals surface area (Å²) >= 11 is 0. The molecule has 5 heterocycles. The van der Waals surface area contributed by atoms with Crippen LogP contribution in [0.25, 0.3) is 105 Å². The fraction of sp³-hybridized carbons (Fsp3) is 0. The van der Waals surface area contributed by atoms with Gasteiger partial charge in [0.05, 0.1) is 38.8 Å². The Morgan fingerprint density at radius 1 is 0.426 bits per heavy atom. The maximum absolute atomic E-state index is 6.70. The minimum Gasteiger partial charge on any atom is -0.510 e. The van der Waals surface area contributed by atoms with E-state index in [1.54, 1.807) is 0 Å². The number of ether oxygens (including phenoxy) is 1. The standard InChI is InChI=1S/C60H36N6O.Pt/c1-3-17-40(18-4-1)64-51-27-10-9-25-47(51)50-38-61-59(37-58(50)64)66-53-29-12-7-23-45(53)48-34-33-44(36-57(48)66)67-43-22-15-21-42(35-43)62-39-63(55-31-14-13-30-54(55)62)56-32-16-26-49-46-24-8-11-28-52(46)65(60(49)56)41-19-5-2-6-20-41;/h1-34,37-38H;/q-2;. The summed E-state index contributed by atoms with van der Waals surface area (Å²) in [6.07, 6.45) is 5.74. The summed E-state index contributed by atoms with van der Waals surface area (Å²) in [5.74, 6) is 1.93.